The summed E-state index contributed by atoms with van der Waals surface area (Å²) in [6, 6.07) is 17.1. The van der Waals surface area contributed by atoms with E-state index in [0.717, 1.165) is 11.1 Å². The Balaban J connectivity index is 2.20. The van der Waals surface area contributed by atoms with Crippen molar-refractivity contribution < 1.29 is 5.11 Å². The number of hydrogen-bond acceptors (Lipinski definition) is 2. The third-order valence-electron chi connectivity index (χ3n) is 2.94. The normalized spacial score (nSPS) is 14.3. The van der Waals surface area contributed by atoms with Crippen molar-refractivity contribution in [3.63, 3.8) is 0 Å². The minimum absolute atomic E-state index is 0.390. The molecule has 0 radical (unpaired) electrons. The molecule has 0 saturated carbocycles. The molecule has 2 nitrogen and oxygen atoms in total. The Morgan fingerprint density at radius 1 is 0.882 bits per heavy atom. The molecular formula is C15H17NO. The summed E-state index contributed by atoms with van der Waals surface area (Å²) in [7, 11) is 0. The molecule has 0 heterocycles. The summed E-state index contributed by atoms with van der Waals surface area (Å²) < 4.78 is 0. The lowest BCUT2D eigenvalue weighted by Crippen LogP contribution is -2.19. The minimum Gasteiger partial charge on any atom is -0.386 e. The van der Waals surface area contributed by atoms with Crippen LogP contribution in [0.15, 0.2) is 54.6 Å². The van der Waals surface area contributed by atoms with Gasteiger partial charge in [0.15, 0.2) is 0 Å². The third-order valence-corrected chi connectivity index (χ3v) is 2.94. The van der Waals surface area contributed by atoms with Gasteiger partial charge in [0.2, 0.25) is 0 Å². The molecule has 2 aromatic rings. The second-order valence-electron chi connectivity index (χ2n) is 4.29. The Labute approximate surface area is 102 Å². The Morgan fingerprint density at radius 2 is 1.47 bits per heavy atom. The van der Waals surface area contributed by atoms with Crippen LogP contribution in [0, 0.1) is 6.92 Å². The SMILES string of the molecule is Cc1ccc(C(O)C(N)c2ccccc2)cc1. The van der Waals surface area contributed by atoms with Crippen LogP contribution in [-0.4, -0.2) is 5.11 Å². The molecule has 88 valence electrons. The van der Waals surface area contributed by atoms with E-state index in [1.54, 1.807) is 0 Å². The standard InChI is InChI=1S/C15H17NO/c1-11-7-9-13(10-8-11)15(17)14(16)12-5-3-2-4-6-12/h2-10,14-15,17H,16H2,1H3. The molecule has 2 rings (SSSR count). The van der Waals surface area contributed by atoms with E-state index >= 15 is 0 Å². The fraction of sp³-hybridized carbons (Fsp3) is 0.200. The Morgan fingerprint density at radius 3 is 2.06 bits per heavy atom. The first-order valence-electron chi connectivity index (χ1n) is 5.73. The number of nitrogens with two attached hydrogens (primary N) is 1. The van der Waals surface area contributed by atoms with Crippen LogP contribution in [0.1, 0.15) is 28.8 Å². The topological polar surface area (TPSA) is 46.2 Å². The van der Waals surface area contributed by atoms with Crippen LogP contribution in [0.25, 0.3) is 0 Å². The fourth-order valence-electron chi connectivity index (χ4n) is 1.83. The number of aliphatic hydroxyl groups excluding tert-OH is 1. The first-order chi connectivity index (χ1) is 8.18. The third kappa shape index (κ3) is 2.73. The summed E-state index contributed by atoms with van der Waals surface area (Å²) in [5, 5.41) is 10.2. The van der Waals surface area contributed by atoms with Crippen LogP contribution >= 0.6 is 0 Å². The molecule has 0 fully saturated rings. The molecule has 0 bridgehead atoms. The summed E-state index contributed by atoms with van der Waals surface area (Å²) in [5.74, 6) is 0. The average Bonchev–Trinajstić information content (AvgIpc) is 2.39. The smallest absolute Gasteiger partial charge is 0.0982 e. The summed E-state index contributed by atoms with van der Waals surface area (Å²) in [6.45, 7) is 2.02. The zero-order valence-corrected chi connectivity index (χ0v) is 9.88. The van der Waals surface area contributed by atoms with Gasteiger partial charge in [-0.2, -0.15) is 0 Å². The average molecular weight is 227 g/mol. The molecule has 0 spiro atoms. The highest BCUT2D eigenvalue weighted by atomic mass is 16.3. The lowest BCUT2D eigenvalue weighted by Gasteiger charge is -2.19. The number of benzene rings is 2. The number of aliphatic hydroxyl groups is 1. The van der Waals surface area contributed by atoms with Gasteiger partial charge in [0.25, 0.3) is 0 Å². The van der Waals surface area contributed by atoms with Gasteiger partial charge >= 0.3 is 0 Å². The zero-order valence-electron chi connectivity index (χ0n) is 9.88. The molecule has 3 N–H and O–H groups in total. The minimum atomic E-state index is -0.669. The molecule has 2 aromatic carbocycles. The van der Waals surface area contributed by atoms with Gasteiger partial charge in [-0.1, -0.05) is 60.2 Å². The predicted molar refractivity (Wildman–Crippen MR) is 69.5 cm³/mol. The van der Waals surface area contributed by atoms with Crippen LogP contribution < -0.4 is 5.73 Å². The molecule has 2 unspecified atom stereocenters. The van der Waals surface area contributed by atoms with E-state index in [1.807, 2.05) is 61.5 Å². The zero-order chi connectivity index (χ0) is 12.3. The van der Waals surface area contributed by atoms with Crippen molar-refractivity contribution in [3.8, 4) is 0 Å². The molecule has 0 amide bonds. The number of aryl methyl sites for hydroxylation is 1. The van der Waals surface area contributed by atoms with Gasteiger partial charge in [-0.15, -0.1) is 0 Å². The maximum Gasteiger partial charge on any atom is 0.0982 e. The van der Waals surface area contributed by atoms with Crippen molar-refractivity contribution in [2.24, 2.45) is 5.73 Å². The monoisotopic (exact) mass is 227 g/mol. The van der Waals surface area contributed by atoms with Crippen molar-refractivity contribution >= 4 is 0 Å². The quantitative estimate of drug-likeness (QED) is 0.847. The Kier molecular flexibility index (Phi) is 3.57. The van der Waals surface area contributed by atoms with Gasteiger partial charge in [0.1, 0.15) is 0 Å². The molecule has 2 atom stereocenters. The van der Waals surface area contributed by atoms with Gasteiger partial charge in [0, 0.05) is 0 Å². The largest absolute Gasteiger partial charge is 0.386 e. The van der Waals surface area contributed by atoms with Gasteiger partial charge in [-0.25, -0.2) is 0 Å². The lowest BCUT2D eigenvalue weighted by molar-refractivity contribution is 0.147. The molecule has 17 heavy (non-hydrogen) atoms. The Hall–Kier alpha value is -1.64. The van der Waals surface area contributed by atoms with E-state index in [4.69, 9.17) is 5.73 Å². The van der Waals surface area contributed by atoms with Gasteiger partial charge in [-0.05, 0) is 18.1 Å². The molecule has 0 aliphatic carbocycles. The van der Waals surface area contributed by atoms with Crippen LogP contribution in [0.2, 0.25) is 0 Å². The van der Waals surface area contributed by atoms with Crippen molar-refractivity contribution in [1.29, 1.82) is 0 Å². The second kappa shape index (κ2) is 5.13. The van der Waals surface area contributed by atoms with Crippen LogP contribution in [0.5, 0.6) is 0 Å². The van der Waals surface area contributed by atoms with Gasteiger partial charge in [-0.3, -0.25) is 0 Å². The van der Waals surface area contributed by atoms with E-state index in [2.05, 4.69) is 0 Å². The van der Waals surface area contributed by atoms with Gasteiger partial charge < -0.3 is 10.8 Å². The highest BCUT2D eigenvalue weighted by Gasteiger charge is 2.18. The highest BCUT2D eigenvalue weighted by molar-refractivity contribution is 5.27. The molecule has 0 aliphatic heterocycles. The second-order valence-corrected chi connectivity index (χ2v) is 4.29. The molecule has 0 aromatic heterocycles. The van der Waals surface area contributed by atoms with Crippen LogP contribution in [0.4, 0.5) is 0 Å². The summed E-state index contributed by atoms with van der Waals surface area (Å²) in [5.41, 5.74) is 9.03. The van der Waals surface area contributed by atoms with E-state index in [-0.39, 0.29) is 6.04 Å². The van der Waals surface area contributed by atoms with E-state index in [1.165, 1.54) is 5.56 Å². The number of hydrogen-bond donors (Lipinski definition) is 2. The van der Waals surface area contributed by atoms with Crippen molar-refractivity contribution in [2.75, 3.05) is 0 Å². The maximum absolute atomic E-state index is 10.2. The maximum atomic E-state index is 10.2. The summed E-state index contributed by atoms with van der Waals surface area (Å²) in [6.07, 6.45) is -0.669. The fourth-order valence-corrected chi connectivity index (χ4v) is 1.83. The molecule has 0 aliphatic rings. The van der Waals surface area contributed by atoms with Crippen molar-refractivity contribution in [1.82, 2.24) is 0 Å². The van der Waals surface area contributed by atoms with Gasteiger partial charge in [0.05, 0.1) is 12.1 Å². The first kappa shape index (κ1) is 11.8. The summed E-state index contributed by atoms with van der Waals surface area (Å²) in [4.78, 5) is 0. The van der Waals surface area contributed by atoms with Crippen LogP contribution in [-0.2, 0) is 0 Å². The molecular weight excluding hydrogens is 210 g/mol. The number of rotatable bonds is 3. The van der Waals surface area contributed by atoms with Crippen molar-refractivity contribution in [3.05, 3.63) is 71.3 Å². The molecule has 2 heteroatoms. The Bertz CT molecular complexity index is 464. The van der Waals surface area contributed by atoms with E-state index in [0.29, 0.717) is 0 Å². The van der Waals surface area contributed by atoms with Crippen LogP contribution in [0.3, 0.4) is 0 Å². The molecule has 0 saturated heterocycles. The predicted octanol–water partition coefficient (Wildman–Crippen LogP) is 2.73. The lowest BCUT2D eigenvalue weighted by atomic mass is 9.96. The first-order valence-corrected chi connectivity index (χ1v) is 5.73. The highest BCUT2D eigenvalue weighted by Crippen LogP contribution is 2.26. The van der Waals surface area contributed by atoms with E-state index in [9.17, 15) is 5.11 Å². The van der Waals surface area contributed by atoms with Crippen molar-refractivity contribution in [2.45, 2.75) is 19.1 Å². The summed E-state index contributed by atoms with van der Waals surface area (Å²) >= 11 is 0. The van der Waals surface area contributed by atoms with E-state index < -0.39 is 6.10 Å².